The maximum absolute atomic E-state index is 12.7. The number of hydrogen-bond donors (Lipinski definition) is 1. The van der Waals surface area contributed by atoms with E-state index in [1.165, 1.54) is 11.9 Å². The van der Waals surface area contributed by atoms with E-state index >= 15 is 0 Å². The lowest BCUT2D eigenvalue weighted by Crippen LogP contribution is -2.80. The number of fused-ring (bicyclic) bond motifs is 1. The van der Waals surface area contributed by atoms with E-state index in [4.69, 9.17) is 4.99 Å². The van der Waals surface area contributed by atoms with Crippen LogP contribution in [0.2, 0.25) is 0 Å². The molecule has 0 spiro atoms. The Kier molecular flexibility index (Phi) is 4.24. The molecular weight excluding hydrogens is 306 g/mol. The molecule has 3 amide bonds. The Hall–Kier alpha value is -2.83. The number of hydrogen-bond acceptors (Lipinski definition) is 4. The molecule has 0 radical (unpaired) electrons. The zero-order valence-corrected chi connectivity index (χ0v) is 14.0. The first-order chi connectivity index (χ1) is 11.5. The van der Waals surface area contributed by atoms with Gasteiger partial charge in [-0.25, -0.2) is 14.7 Å². The van der Waals surface area contributed by atoms with Crippen molar-refractivity contribution in [2.24, 2.45) is 10.9 Å². The summed E-state index contributed by atoms with van der Waals surface area (Å²) in [5.74, 6) is -0.263. The summed E-state index contributed by atoms with van der Waals surface area (Å²) in [5.41, 5.74) is 2.72. The molecule has 2 aliphatic heterocycles. The molecular formula is C17H20N5O2+. The zero-order valence-electron chi connectivity index (χ0n) is 14.0. The molecule has 1 N–H and O–H groups in total. The van der Waals surface area contributed by atoms with Gasteiger partial charge in [-0.3, -0.25) is 14.8 Å². The van der Waals surface area contributed by atoms with Crippen LogP contribution in [0.3, 0.4) is 0 Å². The van der Waals surface area contributed by atoms with Crippen LogP contribution in [0.25, 0.3) is 0 Å². The quantitative estimate of drug-likeness (QED) is 0.846. The van der Waals surface area contributed by atoms with Gasteiger partial charge in [0, 0.05) is 25.0 Å². The Bertz CT molecular complexity index is 766. The molecule has 1 fully saturated rings. The van der Waals surface area contributed by atoms with Gasteiger partial charge in [-0.1, -0.05) is 6.92 Å². The molecule has 0 aliphatic carbocycles. The van der Waals surface area contributed by atoms with Crippen LogP contribution < -0.4 is 4.99 Å². The van der Waals surface area contributed by atoms with E-state index in [9.17, 15) is 9.59 Å². The van der Waals surface area contributed by atoms with Gasteiger partial charge in [0.2, 0.25) is 0 Å². The van der Waals surface area contributed by atoms with Crippen LogP contribution in [0, 0.1) is 5.92 Å². The molecule has 0 bridgehead atoms. The summed E-state index contributed by atoms with van der Waals surface area (Å²) in [6.07, 6.45) is 6.02. The molecule has 24 heavy (non-hydrogen) atoms. The minimum atomic E-state index is -0.570. The first-order valence-electron chi connectivity index (χ1n) is 7.85. The van der Waals surface area contributed by atoms with Gasteiger partial charge in [0.05, 0.1) is 25.5 Å². The van der Waals surface area contributed by atoms with Crippen molar-refractivity contribution in [2.75, 3.05) is 14.1 Å². The van der Waals surface area contributed by atoms with E-state index in [1.807, 2.05) is 25.3 Å². The summed E-state index contributed by atoms with van der Waals surface area (Å²) in [5, 5.41) is 0. The number of imide groups is 1. The van der Waals surface area contributed by atoms with E-state index in [0.717, 1.165) is 28.2 Å². The fourth-order valence-electron chi connectivity index (χ4n) is 2.91. The molecule has 1 unspecified atom stereocenters. The van der Waals surface area contributed by atoms with E-state index in [2.05, 4.69) is 9.98 Å². The predicted octanol–water partition coefficient (Wildman–Crippen LogP) is -0.0508. The third kappa shape index (κ3) is 2.62. The van der Waals surface area contributed by atoms with E-state index in [0.29, 0.717) is 12.4 Å². The van der Waals surface area contributed by atoms with Crippen molar-refractivity contribution >= 4 is 23.5 Å². The highest BCUT2D eigenvalue weighted by atomic mass is 16.2. The summed E-state index contributed by atoms with van der Waals surface area (Å²) >= 11 is 0. The largest absolute Gasteiger partial charge is 0.417 e. The van der Waals surface area contributed by atoms with Gasteiger partial charge in [-0.2, -0.15) is 4.90 Å². The van der Waals surface area contributed by atoms with Gasteiger partial charge in [0.25, 0.3) is 11.7 Å². The van der Waals surface area contributed by atoms with Gasteiger partial charge < -0.3 is 0 Å². The second-order valence-corrected chi connectivity index (χ2v) is 5.78. The highest BCUT2D eigenvalue weighted by Crippen LogP contribution is 2.22. The molecule has 0 saturated carbocycles. The lowest BCUT2D eigenvalue weighted by atomic mass is 9.89. The lowest BCUT2D eigenvalue weighted by molar-refractivity contribution is -0.383. The number of carbonyl (C=O) groups is 2. The third-order valence-electron chi connectivity index (χ3n) is 4.35. The van der Waals surface area contributed by atoms with Crippen molar-refractivity contribution < 1.29 is 14.6 Å². The summed E-state index contributed by atoms with van der Waals surface area (Å²) in [7, 11) is 3.16. The van der Waals surface area contributed by atoms with Crippen LogP contribution in [0.15, 0.2) is 41.3 Å². The summed E-state index contributed by atoms with van der Waals surface area (Å²) in [6.45, 7) is 2.49. The number of aliphatic imine (C=N–C) groups is 1. The molecule has 1 aromatic rings. The number of rotatable bonds is 3. The van der Waals surface area contributed by atoms with Crippen LogP contribution in [-0.2, 0) is 11.3 Å². The molecule has 1 aromatic heterocycles. The smallest absolute Gasteiger partial charge is 0.283 e. The van der Waals surface area contributed by atoms with Crippen molar-refractivity contribution in [2.45, 2.75) is 19.9 Å². The second kappa shape index (κ2) is 6.35. The van der Waals surface area contributed by atoms with Crippen molar-refractivity contribution in [1.29, 1.82) is 0 Å². The van der Waals surface area contributed by atoms with Gasteiger partial charge in [0.15, 0.2) is 5.92 Å². The number of amides is 3. The van der Waals surface area contributed by atoms with Crippen LogP contribution >= 0.6 is 0 Å². The topological polar surface area (TPSA) is 79.8 Å². The van der Waals surface area contributed by atoms with Crippen molar-refractivity contribution in [3.8, 4) is 0 Å². The molecule has 7 nitrogen and oxygen atoms in total. The number of allylic oxidation sites excluding steroid dienone is 1. The van der Waals surface area contributed by atoms with Crippen molar-refractivity contribution in [1.82, 2.24) is 14.8 Å². The summed E-state index contributed by atoms with van der Waals surface area (Å²) in [6, 6.07) is 3.45. The van der Waals surface area contributed by atoms with Crippen molar-refractivity contribution in [3.63, 3.8) is 0 Å². The summed E-state index contributed by atoms with van der Waals surface area (Å²) < 4.78 is 0. The van der Waals surface area contributed by atoms with Crippen LogP contribution in [0.4, 0.5) is 4.79 Å². The van der Waals surface area contributed by atoms with Crippen LogP contribution in [-0.4, -0.2) is 52.4 Å². The minimum absolute atomic E-state index is 0.256. The fourth-order valence-corrected chi connectivity index (χ4v) is 2.91. The minimum Gasteiger partial charge on any atom is -0.283 e. The normalized spacial score (nSPS) is 22.5. The number of amidine groups is 1. The highest BCUT2D eigenvalue weighted by Gasteiger charge is 2.50. The maximum atomic E-state index is 12.7. The van der Waals surface area contributed by atoms with Crippen molar-refractivity contribution in [3.05, 3.63) is 41.9 Å². The maximum Gasteiger partial charge on any atom is 0.417 e. The Morgan fingerprint density at radius 2 is 1.92 bits per heavy atom. The fraction of sp³-hybridized carbons (Fsp3) is 0.353. The lowest BCUT2D eigenvalue weighted by Gasteiger charge is -2.32. The number of aromatic nitrogens is 1. The molecule has 7 heteroatoms. The van der Waals surface area contributed by atoms with Gasteiger partial charge in [-0.15, -0.1) is 0 Å². The monoisotopic (exact) mass is 326 g/mol. The zero-order chi connectivity index (χ0) is 17.3. The first-order valence-corrected chi connectivity index (χ1v) is 7.85. The number of nitrogens with one attached hydrogen (secondary N) is 1. The molecule has 1 atom stereocenters. The first kappa shape index (κ1) is 16.0. The molecule has 124 valence electrons. The van der Waals surface area contributed by atoms with Crippen LogP contribution in [0.5, 0.6) is 0 Å². The molecule has 2 aliphatic rings. The second-order valence-electron chi connectivity index (χ2n) is 5.78. The van der Waals surface area contributed by atoms with E-state index < -0.39 is 5.92 Å². The summed E-state index contributed by atoms with van der Waals surface area (Å²) in [4.78, 5) is 39.3. The predicted molar refractivity (Wildman–Crippen MR) is 89.1 cm³/mol. The Morgan fingerprint density at radius 3 is 2.58 bits per heavy atom. The number of urea groups is 1. The number of pyridine rings is 1. The number of nitrogens with zero attached hydrogens (tertiary/aromatic N) is 4. The number of carbonyl (C=O) groups excluding carboxylic acids is 2. The molecule has 1 saturated heterocycles. The van der Waals surface area contributed by atoms with Gasteiger partial charge in [-0.05, 0) is 24.1 Å². The van der Waals surface area contributed by atoms with E-state index in [-0.39, 0.29) is 11.9 Å². The molecule has 3 heterocycles. The Balaban J connectivity index is 2.00. The third-order valence-corrected chi connectivity index (χ3v) is 4.35. The Morgan fingerprint density at radius 1 is 1.21 bits per heavy atom. The average molecular weight is 326 g/mol. The highest BCUT2D eigenvalue weighted by molar-refractivity contribution is 6.31. The van der Waals surface area contributed by atoms with E-state index in [1.54, 1.807) is 19.4 Å². The average Bonchev–Trinajstić information content (AvgIpc) is 2.62. The SMILES string of the molecule is CCC1=C[NH+]=C2C(C(=O)N(C)C(=O)N2C)C1=NCc1ccncc1. The standard InChI is InChI=1S/C17H19N5O2/c1-4-12-10-20-15-13(16(23)22(3)17(24)21(15)2)14(12)19-9-11-5-7-18-8-6-11/h5-8,10,13H,4,9H2,1-3H3/p+1. The molecule has 3 rings (SSSR count). The van der Waals surface area contributed by atoms with Gasteiger partial charge in [0.1, 0.15) is 0 Å². The van der Waals surface area contributed by atoms with Gasteiger partial charge >= 0.3 is 6.03 Å². The Labute approximate surface area is 140 Å². The van der Waals surface area contributed by atoms with Crippen LogP contribution in [0.1, 0.15) is 18.9 Å². The molecule has 0 aromatic carbocycles.